The summed E-state index contributed by atoms with van der Waals surface area (Å²) in [7, 11) is 0. The summed E-state index contributed by atoms with van der Waals surface area (Å²) in [5.41, 5.74) is 1.26. The summed E-state index contributed by atoms with van der Waals surface area (Å²) in [6.45, 7) is 7.05. The Morgan fingerprint density at radius 2 is 2.11 bits per heavy atom. The van der Waals surface area contributed by atoms with Crippen LogP contribution in [0.15, 0.2) is 24.3 Å². The van der Waals surface area contributed by atoms with Gasteiger partial charge in [-0.25, -0.2) is 0 Å². The van der Waals surface area contributed by atoms with Crippen LogP contribution < -0.4 is 0 Å². The number of benzene rings is 1. The summed E-state index contributed by atoms with van der Waals surface area (Å²) in [4.78, 5) is 5.25. The molecule has 3 heteroatoms. The molecule has 2 saturated heterocycles. The van der Waals surface area contributed by atoms with E-state index in [9.17, 15) is 0 Å². The Bertz CT molecular complexity index is 421. The number of rotatable bonds is 2. The first kappa shape index (κ1) is 12.5. The molecule has 0 saturated carbocycles. The molecule has 0 amide bonds. The standard InChI is InChI=1S/C15H21ClN2/c1-12-9-17-8-4-6-14(17)11-18(12)10-13-5-2-3-7-15(13)16/h2-3,5,7,12,14H,4,6,8-11H2,1H3/t12-,14?/m1/s1. The van der Waals surface area contributed by atoms with E-state index in [0.717, 1.165) is 17.6 Å². The van der Waals surface area contributed by atoms with E-state index in [0.29, 0.717) is 6.04 Å². The van der Waals surface area contributed by atoms with Crippen molar-refractivity contribution < 1.29 is 0 Å². The van der Waals surface area contributed by atoms with Crippen LogP contribution in [0.3, 0.4) is 0 Å². The zero-order valence-electron chi connectivity index (χ0n) is 11.0. The molecule has 18 heavy (non-hydrogen) atoms. The molecule has 2 aliphatic rings. The average Bonchev–Trinajstić information content (AvgIpc) is 2.79. The lowest BCUT2D eigenvalue weighted by atomic mass is 10.1. The molecule has 1 aromatic carbocycles. The molecule has 1 unspecified atom stereocenters. The van der Waals surface area contributed by atoms with Gasteiger partial charge in [0.05, 0.1) is 0 Å². The monoisotopic (exact) mass is 264 g/mol. The number of nitrogens with zero attached hydrogens (tertiary/aromatic N) is 2. The highest BCUT2D eigenvalue weighted by molar-refractivity contribution is 6.31. The van der Waals surface area contributed by atoms with Gasteiger partial charge in [0.2, 0.25) is 0 Å². The summed E-state index contributed by atoms with van der Waals surface area (Å²) >= 11 is 6.27. The largest absolute Gasteiger partial charge is 0.298 e. The summed E-state index contributed by atoms with van der Waals surface area (Å²) < 4.78 is 0. The predicted molar refractivity (Wildman–Crippen MR) is 75.9 cm³/mol. The van der Waals surface area contributed by atoms with Crippen LogP contribution in [0.25, 0.3) is 0 Å². The molecule has 0 aliphatic carbocycles. The molecule has 2 heterocycles. The molecule has 0 radical (unpaired) electrons. The number of hydrogen-bond acceptors (Lipinski definition) is 2. The van der Waals surface area contributed by atoms with Gasteiger partial charge in [-0.15, -0.1) is 0 Å². The first-order valence-corrected chi connectivity index (χ1v) is 7.33. The Kier molecular flexibility index (Phi) is 3.60. The normalized spacial score (nSPS) is 29.4. The highest BCUT2D eigenvalue weighted by atomic mass is 35.5. The molecular weight excluding hydrogens is 244 g/mol. The van der Waals surface area contributed by atoms with Crippen LogP contribution in [0.1, 0.15) is 25.3 Å². The summed E-state index contributed by atoms with van der Waals surface area (Å²) in [5, 5.41) is 0.901. The van der Waals surface area contributed by atoms with Gasteiger partial charge in [-0.2, -0.15) is 0 Å². The van der Waals surface area contributed by atoms with Crippen molar-refractivity contribution in [2.75, 3.05) is 19.6 Å². The summed E-state index contributed by atoms with van der Waals surface area (Å²) in [5.74, 6) is 0. The quantitative estimate of drug-likeness (QED) is 0.810. The molecule has 0 spiro atoms. The Balaban J connectivity index is 1.71. The van der Waals surface area contributed by atoms with Crippen LogP contribution in [0, 0.1) is 0 Å². The minimum atomic E-state index is 0.635. The van der Waals surface area contributed by atoms with Gasteiger partial charge in [-0.3, -0.25) is 9.80 Å². The second-order valence-electron chi connectivity index (χ2n) is 5.66. The highest BCUT2D eigenvalue weighted by Gasteiger charge is 2.34. The Morgan fingerprint density at radius 3 is 2.94 bits per heavy atom. The third kappa shape index (κ3) is 2.42. The molecule has 1 aromatic rings. The molecule has 2 atom stereocenters. The summed E-state index contributed by atoms with van der Waals surface area (Å²) in [6.07, 6.45) is 2.74. The Morgan fingerprint density at radius 1 is 1.28 bits per heavy atom. The third-order valence-electron chi connectivity index (χ3n) is 4.40. The van der Waals surface area contributed by atoms with Gasteiger partial charge in [-0.05, 0) is 37.9 Å². The second-order valence-corrected chi connectivity index (χ2v) is 6.07. The van der Waals surface area contributed by atoms with Crippen molar-refractivity contribution in [3.05, 3.63) is 34.9 Å². The van der Waals surface area contributed by atoms with Gasteiger partial charge in [-0.1, -0.05) is 29.8 Å². The van der Waals surface area contributed by atoms with E-state index < -0.39 is 0 Å². The van der Waals surface area contributed by atoms with Crippen molar-refractivity contribution in [3.63, 3.8) is 0 Å². The molecule has 0 aromatic heterocycles. The van der Waals surface area contributed by atoms with Crippen molar-refractivity contribution in [2.24, 2.45) is 0 Å². The maximum atomic E-state index is 6.27. The maximum absolute atomic E-state index is 6.27. The molecule has 0 bridgehead atoms. The number of piperazine rings is 1. The fourth-order valence-electron chi connectivity index (χ4n) is 3.31. The van der Waals surface area contributed by atoms with Crippen molar-refractivity contribution in [3.8, 4) is 0 Å². The predicted octanol–water partition coefficient (Wildman–Crippen LogP) is 3.01. The van der Waals surface area contributed by atoms with Crippen LogP contribution in [-0.4, -0.2) is 41.5 Å². The van der Waals surface area contributed by atoms with Crippen LogP contribution in [-0.2, 0) is 6.54 Å². The molecule has 2 fully saturated rings. The fourth-order valence-corrected chi connectivity index (χ4v) is 3.51. The van der Waals surface area contributed by atoms with Crippen molar-refractivity contribution in [1.82, 2.24) is 9.80 Å². The minimum Gasteiger partial charge on any atom is -0.298 e. The zero-order chi connectivity index (χ0) is 12.5. The number of halogens is 1. The van der Waals surface area contributed by atoms with Crippen LogP contribution >= 0.6 is 11.6 Å². The minimum absolute atomic E-state index is 0.635. The van der Waals surface area contributed by atoms with Crippen molar-refractivity contribution in [1.29, 1.82) is 0 Å². The topological polar surface area (TPSA) is 6.48 Å². The van der Waals surface area contributed by atoms with E-state index in [1.54, 1.807) is 0 Å². The van der Waals surface area contributed by atoms with Gasteiger partial charge in [0, 0.05) is 36.7 Å². The van der Waals surface area contributed by atoms with Crippen LogP contribution in [0.4, 0.5) is 0 Å². The lowest BCUT2D eigenvalue weighted by Crippen LogP contribution is -2.54. The number of hydrogen-bond donors (Lipinski definition) is 0. The zero-order valence-corrected chi connectivity index (χ0v) is 11.7. The SMILES string of the molecule is C[C@@H]1CN2CCCC2CN1Cc1ccccc1Cl. The van der Waals surface area contributed by atoms with E-state index >= 15 is 0 Å². The van der Waals surface area contributed by atoms with Crippen LogP contribution in [0.2, 0.25) is 5.02 Å². The number of fused-ring (bicyclic) bond motifs is 1. The van der Waals surface area contributed by atoms with E-state index in [4.69, 9.17) is 11.6 Å². The fraction of sp³-hybridized carbons (Fsp3) is 0.600. The Labute approximate surface area is 115 Å². The Hall–Kier alpha value is -0.570. The van der Waals surface area contributed by atoms with E-state index in [2.05, 4.69) is 28.9 Å². The maximum Gasteiger partial charge on any atom is 0.0451 e. The third-order valence-corrected chi connectivity index (χ3v) is 4.77. The van der Waals surface area contributed by atoms with E-state index in [1.807, 2.05) is 12.1 Å². The average molecular weight is 265 g/mol. The van der Waals surface area contributed by atoms with Crippen LogP contribution in [0.5, 0.6) is 0 Å². The first-order valence-electron chi connectivity index (χ1n) is 6.95. The molecule has 98 valence electrons. The van der Waals surface area contributed by atoms with Gasteiger partial charge >= 0.3 is 0 Å². The molecule has 2 nitrogen and oxygen atoms in total. The van der Waals surface area contributed by atoms with Gasteiger partial charge < -0.3 is 0 Å². The molecule has 2 aliphatic heterocycles. The lowest BCUT2D eigenvalue weighted by Gasteiger charge is -2.42. The summed E-state index contributed by atoms with van der Waals surface area (Å²) in [6, 6.07) is 9.64. The van der Waals surface area contributed by atoms with E-state index in [-0.39, 0.29) is 0 Å². The lowest BCUT2D eigenvalue weighted by molar-refractivity contribution is 0.0540. The van der Waals surface area contributed by atoms with Gasteiger partial charge in [0.1, 0.15) is 0 Å². The molecular formula is C15H21ClN2. The molecule has 0 N–H and O–H groups in total. The van der Waals surface area contributed by atoms with E-state index in [1.165, 1.54) is 38.0 Å². The first-order chi connectivity index (χ1) is 8.74. The molecule has 3 rings (SSSR count). The smallest absolute Gasteiger partial charge is 0.0451 e. The second kappa shape index (κ2) is 5.20. The highest BCUT2D eigenvalue weighted by Crippen LogP contribution is 2.27. The van der Waals surface area contributed by atoms with Crippen molar-refractivity contribution in [2.45, 2.75) is 38.4 Å². The van der Waals surface area contributed by atoms with Gasteiger partial charge in [0.15, 0.2) is 0 Å². The van der Waals surface area contributed by atoms with Gasteiger partial charge in [0.25, 0.3) is 0 Å². The van der Waals surface area contributed by atoms with Crippen molar-refractivity contribution >= 4 is 11.6 Å².